The summed E-state index contributed by atoms with van der Waals surface area (Å²) < 4.78 is 4.67. The monoisotopic (exact) mass is 475 g/mol. The van der Waals surface area contributed by atoms with Gasteiger partial charge in [0.25, 0.3) is 0 Å². The molecule has 1 fully saturated rings. The number of ether oxygens (including phenoxy) is 1. The number of amides is 4. The van der Waals surface area contributed by atoms with Gasteiger partial charge < -0.3 is 15.4 Å². The van der Waals surface area contributed by atoms with Crippen LogP contribution in [0.15, 0.2) is 83.8 Å². The molecule has 4 rings (SSSR count). The molecule has 4 amide bonds. The Hall–Kier alpha value is -4.11. The SMILES string of the molecule is COC(=O)c1ccc(N2C(=O)C[C@@H](Sc3ccc(NC(=O)Nc4ccccc4)cc3)C2=O)cc1. The maximum absolute atomic E-state index is 12.9. The van der Waals surface area contributed by atoms with E-state index >= 15 is 0 Å². The summed E-state index contributed by atoms with van der Waals surface area (Å²) in [6.45, 7) is 0. The van der Waals surface area contributed by atoms with Crippen molar-refractivity contribution in [2.45, 2.75) is 16.6 Å². The van der Waals surface area contributed by atoms with Crippen molar-refractivity contribution in [3.8, 4) is 0 Å². The zero-order valence-corrected chi connectivity index (χ0v) is 19.0. The minimum atomic E-state index is -0.562. The van der Waals surface area contributed by atoms with Crippen molar-refractivity contribution in [3.05, 3.63) is 84.4 Å². The minimum Gasteiger partial charge on any atom is -0.465 e. The number of nitrogens with zero attached hydrogens (tertiary/aromatic N) is 1. The molecular weight excluding hydrogens is 454 g/mol. The van der Waals surface area contributed by atoms with E-state index in [0.29, 0.717) is 22.6 Å². The third kappa shape index (κ3) is 5.26. The van der Waals surface area contributed by atoms with Crippen LogP contribution in [0.25, 0.3) is 0 Å². The van der Waals surface area contributed by atoms with Crippen LogP contribution in [0.1, 0.15) is 16.8 Å². The topological polar surface area (TPSA) is 105 Å². The molecule has 1 atom stereocenters. The highest BCUT2D eigenvalue weighted by molar-refractivity contribution is 8.00. The van der Waals surface area contributed by atoms with Crippen molar-refractivity contribution in [2.75, 3.05) is 22.6 Å². The number of rotatable bonds is 6. The van der Waals surface area contributed by atoms with E-state index in [4.69, 9.17) is 0 Å². The summed E-state index contributed by atoms with van der Waals surface area (Å²) in [5, 5.41) is 4.93. The molecule has 0 radical (unpaired) electrons. The first-order valence-electron chi connectivity index (χ1n) is 10.4. The third-order valence-electron chi connectivity index (χ3n) is 5.07. The summed E-state index contributed by atoms with van der Waals surface area (Å²) >= 11 is 1.29. The Morgan fingerprint density at radius 1 is 0.882 bits per heavy atom. The van der Waals surface area contributed by atoms with E-state index in [1.165, 1.54) is 31.0 Å². The van der Waals surface area contributed by atoms with Crippen LogP contribution < -0.4 is 15.5 Å². The molecule has 3 aromatic carbocycles. The predicted octanol–water partition coefficient (Wildman–Crippen LogP) is 4.54. The van der Waals surface area contributed by atoms with E-state index in [-0.39, 0.29) is 24.3 Å². The number of carbonyl (C=O) groups is 4. The van der Waals surface area contributed by atoms with E-state index < -0.39 is 11.2 Å². The van der Waals surface area contributed by atoms with Crippen molar-refractivity contribution in [3.63, 3.8) is 0 Å². The number of hydrogen-bond donors (Lipinski definition) is 2. The molecule has 1 heterocycles. The maximum Gasteiger partial charge on any atom is 0.337 e. The van der Waals surface area contributed by atoms with Crippen LogP contribution in [-0.4, -0.2) is 36.2 Å². The molecule has 8 nitrogen and oxygen atoms in total. The third-order valence-corrected chi connectivity index (χ3v) is 6.27. The Labute approximate surface area is 200 Å². The van der Waals surface area contributed by atoms with Gasteiger partial charge in [-0.2, -0.15) is 0 Å². The summed E-state index contributed by atoms with van der Waals surface area (Å²) in [6, 6.07) is 21.9. The van der Waals surface area contributed by atoms with Gasteiger partial charge in [-0.15, -0.1) is 11.8 Å². The van der Waals surface area contributed by atoms with Gasteiger partial charge in [-0.3, -0.25) is 9.59 Å². The van der Waals surface area contributed by atoms with E-state index in [2.05, 4.69) is 15.4 Å². The molecule has 1 aliphatic rings. The highest BCUT2D eigenvalue weighted by atomic mass is 32.2. The van der Waals surface area contributed by atoms with E-state index in [1.807, 2.05) is 18.2 Å². The van der Waals surface area contributed by atoms with Gasteiger partial charge in [0, 0.05) is 22.7 Å². The minimum absolute atomic E-state index is 0.0712. The molecule has 0 bridgehead atoms. The fraction of sp³-hybridized carbons (Fsp3) is 0.120. The lowest BCUT2D eigenvalue weighted by Crippen LogP contribution is -2.31. The highest BCUT2D eigenvalue weighted by Gasteiger charge is 2.40. The molecule has 0 spiro atoms. The second kappa shape index (κ2) is 10.2. The van der Waals surface area contributed by atoms with Crippen LogP contribution >= 0.6 is 11.8 Å². The van der Waals surface area contributed by atoms with Crippen molar-refractivity contribution in [1.82, 2.24) is 0 Å². The first-order valence-corrected chi connectivity index (χ1v) is 11.3. The van der Waals surface area contributed by atoms with Gasteiger partial charge in [0.1, 0.15) is 0 Å². The van der Waals surface area contributed by atoms with Gasteiger partial charge in [0.05, 0.1) is 23.6 Å². The van der Waals surface area contributed by atoms with E-state index in [9.17, 15) is 19.2 Å². The second-order valence-electron chi connectivity index (χ2n) is 7.39. The molecule has 172 valence electrons. The first-order chi connectivity index (χ1) is 16.4. The predicted molar refractivity (Wildman–Crippen MR) is 130 cm³/mol. The van der Waals surface area contributed by atoms with Crippen LogP contribution in [0.3, 0.4) is 0 Å². The Bertz CT molecular complexity index is 1210. The molecule has 0 aromatic heterocycles. The Kier molecular flexibility index (Phi) is 6.93. The largest absolute Gasteiger partial charge is 0.465 e. The standard InChI is InChI=1S/C25H21N3O5S/c1-33-24(31)16-7-11-19(12-8-16)28-22(29)15-21(23(28)30)34-20-13-9-18(10-14-20)27-25(32)26-17-5-3-2-4-6-17/h2-14,21H,15H2,1H3,(H2,26,27,32)/t21-/m1/s1. The summed E-state index contributed by atoms with van der Waals surface area (Å²) in [6.07, 6.45) is 0.0712. The normalized spacial score (nSPS) is 15.2. The van der Waals surface area contributed by atoms with Crippen molar-refractivity contribution in [2.24, 2.45) is 0 Å². The number of esters is 1. The first kappa shape index (κ1) is 23.1. The van der Waals surface area contributed by atoms with Crippen molar-refractivity contribution >= 4 is 52.6 Å². The molecule has 2 N–H and O–H groups in total. The zero-order valence-electron chi connectivity index (χ0n) is 18.2. The molecule has 34 heavy (non-hydrogen) atoms. The molecule has 3 aromatic rings. The molecule has 0 saturated carbocycles. The fourth-order valence-electron chi connectivity index (χ4n) is 3.43. The smallest absolute Gasteiger partial charge is 0.337 e. The van der Waals surface area contributed by atoms with Crippen LogP contribution in [-0.2, 0) is 14.3 Å². The van der Waals surface area contributed by atoms with Gasteiger partial charge in [0.15, 0.2) is 0 Å². The highest BCUT2D eigenvalue weighted by Crippen LogP contribution is 2.34. The Morgan fingerprint density at radius 2 is 1.50 bits per heavy atom. The number of thioether (sulfide) groups is 1. The Morgan fingerprint density at radius 3 is 2.12 bits per heavy atom. The molecule has 9 heteroatoms. The van der Waals surface area contributed by atoms with Crippen LogP contribution in [0.2, 0.25) is 0 Å². The Balaban J connectivity index is 1.36. The number of imide groups is 1. The number of methoxy groups -OCH3 is 1. The van der Waals surface area contributed by atoms with Gasteiger partial charge in [-0.1, -0.05) is 18.2 Å². The molecule has 1 aliphatic heterocycles. The number of carbonyl (C=O) groups excluding carboxylic acids is 4. The summed E-state index contributed by atoms with van der Waals surface area (Å²) in [5.74, 6) is -1.11. The average Bonchev–Trinajstić information content (AvgIpc) is 3.13. The van der Waals surface area contributed by atoms with Crippen LogP contribution in [0.5, 0.6) is 0 Å². The van der Waals surface area contributed by atoms with Crippen molar-refractivity contribution in [1.29, 1.82) is 0 Å². The van der Waals surface area contributed by atoms with Gasteiger partial charge in [-0.05, 0) is 60.7 Å². The molecule has 0 unspecified atom stereocenters. The van der Waals surface area contributed by atoms with Gasteiger partial charge >= 0.3 is 12.0 Å². The number of nitrogens with one attached hydrogen (secondary N) is 2. The van der Waals surface area contributed by atoms with Gasteiger partial charge in [-0.25, -0.2) is 14.5 Å². The summed E-state index contributed by atoms with van der Waals surface area (Å²) in [4.78, 5) is 51.1. The van der Waals surface area contributed by atoms with Crippen LogP contribution in [0, 0.1) is 0 Å². The van der Waals surface area contributed by atoms with Gasteiger partial charge in [0.2, 0.25) is 11.8 Å². The number of hydrogen-bond acceptors (Lipinski definition) is 6. The quantitative estimate of drug-likeness (QED) is 0.401. The fourth-order valence-corrected chi connectivity index (χ4v) is 4.48. The number of anilines is 3. The van der Waals surface area contributed by atoms with Crippen LogP contribution in [0.4, 0.5) is 21.9 Å². The van der Waals surface area contributed by atoms with E-state index in [0.717, 1.165) is 9.80 Å². The lowest BCUT2D eigenvalue weighted by molar-refractivity contribution is -0.121. The summed E-state index contributed by atoms with van der Waals surface area (Å²) in [7, 11) is 1.29. The lowest BCUT2D eigenvalue weighted by Gasteiger charge is -2.15. The number of para-hydroxylation sites is 1. The van der Waals surface area contributed by atoms with E-state index in [1.54, 1.807) is 48.5 Å². The number of benzene rings is 3. The summed E-state index contributed by atoms with van der Waals surface area (Å²) in [5.41, 5.74) is 2.03. The molecule has 1 saturated heterocycles. The number of urea groups is 1. The molecular formula is C25H21N3O5S. The lowest BCUT2D eigenvalue weighted by atomic mass is 10.2. The zero-order chi connectivity index (χ0) is 24.1. The molecule has 0 aliphatic carbocycles. The average molecular weight is 476 g/mol. The maximum atomic E-state index is 12.9. The second-order valence-corrected chi connectivity index (χ2v) is 8.66. The van der Waals surface area contributed by atoms with Crippen molar-refractivity contribution < 1.29 is 23.9 Å².